The van der Waals surface area contributed by atoms with Crippen molar-refractivity contribution in [1.29, 1.82) is 0 Å². The van der Waals surface area contributed by atoms with Crippen molar-refractivity contribution in [2.24, 2.45) is 0 Å². The lowest BCUT2D eigenvalue weighted by atomic mass is 10.2. The molecule has 0 N–H and O–H groups in total. The first-order valence-electron chi connectivity index (χ1n) is 9.05. The molecule has 0 aliphatic rings. The standard InChI is InChI=1S/C22H21FN2O3S/c1-2-11-24(22(27)20-6-3-12-28-20)16-21(26)25(15-19-5-4-13-29-19)14-17-7-9-18(23)10-8-17/h2-10,12-13H,1,11,14-16H2. The second kappa shape index (κ2) is 9.84. The van der Waals surface area contributed by atoms with Gasteiger partial charge in [0.2, 0.25) is 5.91 Å². The van der Waals surface area contributed by atoms with Gasteiger partial charge in [-0.15, -0.1) is 17.9 Å². The van der Waals surface area contributed by atoms with Crippen LogP contribution in [0, 0.1) is 5.82 Å². The van der Waals surface area contributed by atoms with Crippen molar-refractivity contribution in [2.75, 3.05) is 13.1 Å². The average Bonchev–Trinajstić information content (AvgIpc) is 3.42. The van der Waals surface area contributed by atoms with Crippen LogP contribution in [-0.4, -0.2) is 34.7 Å². The largest absolute Gasteiger partial charge is 0.459 e. The molecule has 2 amide bonds. The van der Waals surface area contributed by atoms with Crippen LogP contribution in [0.2, 0.25) is 0 Å². The number of hydrogen-bond donors (Lipinski definition) is 0. The van der Waals surface area contributed by atoms with E-state index in [1.54, 1.807) is 46.6 Å². The van der Waals surface area contributed by atoms with Crippen molar-refractivity contribution in [3.05, 3.63) is 94.8 Å². The summed E-state index contributed by atoms with van der Waals surface area (Å²) < 4.78 is 18.4. The molecule has 7 heteroatoms. The van der Waals surface area contributed by atoms with Gasteiger partial charge in [-0.2, -0.15) is 0 Å². The molecule has 3 rings (SSSR count). The molecule has 0 saturated carbocycles. The van der Waals surface area contributed by atoms with Crippen molar-refractivity contribution in [2.45, 2.75) is 13.1 Å². The number of hydrogen-bond acceptors (Lipinski definition) is 4. The SMILES string of the molecule is C=CCN(CC(=O)N(Cc1ccc(F)cc1)Cc1cccs1)C(=O)c1ccco1. The van der Waals surface area contributed by atoms with Gasteiger partial charge in [-0.1, -0.05) is 24.3 Å². The van der Waals surface area contributed by atoms with Crippen molar-refractivity contribution < 1.29 is 18.4 Å². The van der Waals surface area contributed by atoms with Gasteiger partial charge >= 0.3 is 0 Å². The molecule has 0 atom stereocenters. The fraction of sp³-hybridized carbons (Fsp3) is 0.182. The minimum absolute atomic E-state index is 0.113. The molecule has 0 unspecified atom stereocenters. The summed E-state index contributed by atoms with van der Waals surface area (Å²) in [6, 6.07) is 13.1. The van der Waals surface area contributed by atoms with Crippen molar-refractivity contribution >= 4 is 23.2 Å². The second-order valence-corrected chi connectivity index (χ2v) is 7.44. The number of carbonyl (C=O) groups excluding carboxylic acids is 2. The molecule has 150 valence electrons. The van der Waals surface area contributed by atoms with Crippen LogP contribution in [0.4, 0.5) is 4.39 Å². The van der Waals surface area contributed by atoms with Crippen LogP contribution in [0.25, 0.3) is 0 Å². The van der Waals surface area contributed by atoms with Gasteiger partial charge in [0.15, 0.2) is 5.76 Å². The summed E-state index contributed by atoms with van der Waals surface area (Å²) in [4.78, 5) is 29.8. The molecule has 2 aromatic heterocycles. The lowest BCUT2D eigenvalue weighted by Gasteiger charge is -2.26. The van der Waals surface area contributed by atoms with Crippen molar-refractivity contribution in [3.8, 4) is 0 Å². The first-order chi connectivity index (χ1) is 14.1. The Morgan fingerprint density at radius 2 is 1.86 bits per heavy atom. The molecule has 0 bridgehead atoms. The maximum atomic E-state index is 13.2. The minimum Gasteiger partial charge on any atom is -0.459 e. The number of amides is 2. The normalized spacial score (nSPS) is 10.5. The van der Waals surface area contributed by atoms with E-state index in [0.29, 0.717) is 13.1 Å². The summed E-state index contributed by atoms with van der Waals surface area (Å²) in [6.45, 7) is 4.49. The Morgan fingerprint density at radius 3 is 2.48 bits per heavy atom. The Hall–Kier alpha value is -3.19. The molecule has 0 saturated heterocycles. The highest BCUT2D eigenvalue weighted by Crippen LogP contribution is 2.16. The van der Waals surface area contributed by atoms with Gasteiger partial charge in [-0.05, 0) is 41.3 Å². The molecule has 3 aromatic rings. The molecule has 1 aromatic carbocycles. The Balaban J connectivity index is 1.77. The highest BCUT2D eigenvalue weighted by molar-refractivity contribution is 7.09. The number of thiophene rings is 1. The summed E-state index contributed by atoms with van der Waals surface area (Å²) in [5, 5.41) is 1.94. The van der Waals surface area contributed by atoms with Gasteiger partial charge in [-0.25, -0.2) is 4.39 Å². The number of nitrogens with zero attached hydrogens (tertiary/aromatic N) is 2. The maximum Gasteiger partial charge on any atom is 0.290 e. The number of rotatable bonds is 9. The summed E-state index contributed by atoms with van der Waals surface area (Å²) in [5.41, 5.74) is 0.809. The smallest absolute Gasteiger partial charge is 0.290 e. The van der Waals surface area contributed by atoms with Gasteiger partial charge in [0, 0.05) is 18.0 Å². The molecule has 5 nitrogen and oxygen atoms in total. The zero-order valence-electron chi connectivity index (χ0n) is 15.8. The number of halogens is 1. The third-order valence-electron chi connectivity index (χ3n) is 4.26. The zero-order valence-corrected chi connectivity index (χ0v) is 16.6. The number of furan rings is 1. The van der Waals surface area contributed by atoms with Gasteiger partial charge in [0.1, 0.15) is 12.4 Å². The van der Waals surface area contributed by atoms with Gasteiger partial charge in [0.05, 0.1) is 12.8 Å². The molecular weight excluding hydrogens is 391 g/mol. The molecule has 2 heterocycles. The molecule has 29 heavy (non-hydrogen) atoms. The summed E-state index contributed by atoms with van der Waals surface area (Å²) in [6.07, 6.45) is 2.98. The van der Waals surface area contributed by atoms with Crippen molar-refractivity contribution in [1.82, 2.24) is 9.80 Å². The van der Waals surface area contributed by atoms with Crippen LogP contribution in [0.1, 0.15) is 21.0 Å². The molecule has 0 spiro atoms. The van der Waals surface area contributed by atoms with Crippen LogP contribution < -0.4 is 0 Å². The predicted molar refractivity (Wildman–Crippen MR) is 110 cm³/mol. The zero-order chi connectivity index (χ0) is 20.6. The molecular formula is C22H21FN2O3S. The predicted octanol–water partition coefficient (Wildman–Crippen LogP) is 4.34. The monoisotopic (exact) mass is 412 g/mol. The third kappa shape index (κ3) is 5.65. The van der Waals surface area contributed by atoms with E-state index in [0.717, 1.165) is 10.4 Å². The van der Waals surface area contributed by atoms with E-state index in [-0.39, 0.29) is 36.5 Å². The maximum absolute atomic E-state index is 13.2. The molecule has 0 fully saturated rings. The third-order valence-corrected chi connectivity index (χ3v) is 5.12. The topological polar surface area (TPSA) is 53.8 Å². The van der Waals surface area contributed by atoms with Gasteiger partial charge < -0.3 is 14.2 Å². The lowest BCUT2D eigenvalue weighted by Crippen LogP contribution is -2.42. The first-order valence-corrected chi connectivity index (χ1v) is 9.93. The minimum atomic E-state index is -0.374. The van der Waals surface area contributed by atoms with Gasteiger partial charge in [-0.3, -0.25) is 9.59 Å². The number of benzene rings is 1. The second-order valence-electron chi connectivity index (χ2n) is 6.41. The van der Waals surface area contributed by atoms with Crippen LogP contribution in [0.15, 0.2) is 77.2 Å². The van der Waals surface area contributed by atoms with E-state index in [2.05, 4.69) is 6.58 Å². The summed E-state index contributed by atoms with van der Waals surface area (Å²) >= 11 is 1.55. The quantitative estimate of drug-likeness (QED) is 0.492. The van der Waals surface area contributed by atoms with E-state index >= 15 is 0 Å². The Kier molecular flexibility index (Phi) is 6.97. The highest BCUT2D eigenvalue weighted by atomic mass is 32.1. The highest BCUT2D eigenvalue weighted by Gasteiger charge is 2.23. The molecule has 0 aliphatic carbocycles. The number of carbonyl (C=O) groups is 2. The van der Waals surface area contributed by atoms with E-state index in [4.69, 9.17) is 4.42 Å². The first kappa shape index (κ1) is 20.5. The van der Waals surface area contributed by atoms with E-state index < -0.39 is 0 Å². The Bertz CT molecular complexity index is 937. The fourth-order valence-electron chi connectivity index (χ4n) is 2.83. The van der Waals surface area contributed by atoms with Crippen LogP contribution >= 0.6 is 11.3 Å². The average molecular weight is 412 g/mol. The molecule has 0 radical (unpaired) electrons. The lowest BCUT2D eigenvalue weighted by molar-refractivity contribution is -0.133. The van der Waals surface area contributed by atoms with Crippen LogP contribution in [-0.2, 0) is 17.9 Å². The van der Waals surface area contributed by atoms with E-state index in [1.165, 1.54) is 23.3 Å². The van der Waals surface area contributed by atoms with E-state index in [9.17, 15) is 14.0 Å². The Morgan fingerprint density at radius 1 is 1.07 bits per heavy atom. The summed E-state index contributed by atoms with van der Waals surface area (Å²) in [7, 11) is 0. The van der Waals surface area contributed by atoms with Gasteiger partial charge in [0.25, 0.3) is 5.91 Å². The molecule has 0 aliphatic heterocycles. The summed E-state index contributed by atoms with van der Waals surface area (Å²) in [5.74, 6) is -0.750. The fourth-order valence-corrected chi connectivity index (χ4v) is 3.55. The van der Waals surface area contributed by atoms with E-state index in [1.807, 2.05) is 17.5 Å². The van der Waals surface area contributed by atoms with Crippen LogP contribution in [0.3, 0.4) is 0 Å². The van der Waals surface area contributed by atoms with Crippen LogP contribution in [0.5, 0.6) is 0 Å². The van der Waals surface area contributed by atoms with Crippen molar-refractivity contribution in [3.63, 3.8) is 0 Å². The Labute approximate surface area is 172 Å².